The quantitative estimate of drug-likeness (QED) is 0.613. The molecule has 0 N–H and O–H groups in total. The van der Waals surface area contributed by atoms with Gasteiger partial charge in [-0.15, -0.1) is 0 Å². The van der Waals surface area contributed by atoms with Crippen molar-refractivity contribution in [3.05, 3.63) is 64.1 Å². The molecule has 1 amide bonds. The maximum Gasteiger partial charge on any atom is 0.267 e. The highest BCUT2D eigenvalue weighted by Crippen LogP contribution is 2.56. The van der Waals surface area contributed by atoms with Crippen molar-refractivity contribution in [3.8, 4) is 0 Å². The number of Topliss-reactive ketones (excluding diaryl/α,β-unsaturated/α-hetero) is 1. The van der Waals surface area contributed by atoms with Crippen molar-refractivity contribution < 1.29 is 14.3 Å². The third-order valence-corrected chi connectivity index (χ3v) is 4.80. The van der Waals surface area contributed by atoms with Crippen molar-refractivity contribution in [2.45, 2.75) is 11.7 Å². The number of hydrogen-bond donors (Lipinski definition) is 0. The molecule has 22 heavy (non-hydrogen) atoms. The van der Waals surface area contributed by atoms with Crippen molar-refractivity contribution in [1.29, 1.82) is 0 Å². The average Bonchev–Trinajstić information content (AvgIpc) is 3.26. The molecular weight excluding hydrogens is 346 g/mol. The van der Waals surface area contributed by atoms with Crippen molar-refractivity contribution in [2.75, 3.05) is 11.9 Å². The summed E-state index contributed by atoms with van der Waals surface area (Å²) in [6, 6.07) is 14.5. The molecule has 2 aliphatic rings. The standard InChI is InChI=1S/C17H12BrNO3/c1-19-13-5-3-2-4-12(13)17(16(19)21)15(22-17)14(20)10-6-8-11(18)9-7-10/h2-9,15H,1H3/t15-,17+/m0/s1. The predicted octanol–water partition coefficient (Wildman–Crippen LogP) is 2.90. The molecular formula is C17H12BrNO3. The van der Waals surface area contributed by atoms with Crippen LogP contribution in [-0.4, -0.2) is 24.8 Å². The van der Waals surface area contributed by atoms with Crippen molar-refractivity contribution in [2.24, 2.45) is 0 Å². The first-order valence-corrected chi connectivity index (χ1v) is 7.70. The second-order valence-corrected chi connectivity index (χ2v) is 6.40. The number of likely N-dealkylation sites (N-methyl/N-ethyl adjacent to an activating group) is 1. The average molecular weight is 358 g/mol. The van der Waals surface area contributed by atoms with Crippen LogP contribution in [0.2, 0.25) is 0 Å². The second-order valence-electron chi connectivity index (χ2n) is 5.49. The second kappa shape index (κ2) is 4.51. The number of carbonyl (C=O) groups is 2. The van der Waals surface area contributed by atoms with E-state index in [0.29, 0.717) is 5.56 Å². The zero-order chi connectivity index (χ0) is 15.5. The lowest BCUT2D eigenvalue weighted by Gasteiger charge is -2.08. The van der Waals surface area contributed by atoms with Crippen molar-refractivity contribution in [1.82, 2.24) is 0 Å². The molecule has 4 nitrogen and oxygen atoms in total. The molecule has 0 unspecified atom stereocenters. The minimum absolute atomic E-state index is 0.161. The van der Waals surface area contributed by atoms with E-state index in [0.717, 1.165) is 15.7 Å². The Kier molecular flexibility index (Phi) is 2.80. The zero-order valence-electron chi connectivity index (χ0n) is 11.7. The largest absolute Gasteiger partial charge is 0.342 e. The molecule has 0 aliphatic carbocycles. The van der Waals surface area contributed by atoms with E-state index < -0.39 is 11.7 Å². The summed E-state index contributed by atoms with van der Waals surface area (Å²) in [5.74, 6) is -0.338. The molecule has 1 fully saturated rings. The van der Waals surface area contributed by atoms with Gasteiger partial charge >= 0.3 is 0 Å². The fourth-order valence-corrected chi connectivity index (χ4v) is 3.34. The number of amides is 1. The van der Waals surface area contributed by atoms with Gasteiger partial charge in [-0.3, -0.25) is 9.59 Å². The van der Waals surface area contributed by atoms with Gasteiger partial charge < -0.3 is 9.64 Å². The molecule has 5 heteroatoms. The van der Waals surface area contributed by atoms with Crippen LogP contribution in [0.1, 0.15) is 15.9 Å². The molecule has 1 saturated heterocycles. The maximum absolute atomic E-state index is 12.6. The summed E-state index contributed by atoms with van der Waals surface area (Å²) in [6.07, 6.45) is -0.743. The van der Waals surface area contributed by atoms with E-state index in [9.17, 15) is 9.59 Å². The molecule has 4 rings (SSSR count). The van der Waals surface area contributed by atoms with Gasteiger partial charge in [0.15, 0.2) is 11.9 Å². The number of epoxide rings is 1. The van der Waals surface area contributed by atoms with Crippen LogP contribution in [0, 0.1) is 0 Å². The topological polar surface area (TPSA) is 49.9 Å². The van der Waals surface area contributed by atoms with Crippen LogP contribution in [0.4, 0.5) is 5.69 Å². The molecule has 2 aromatic rings. The number of anilines is 1. The molecule has 2 atom stereocenters. The minimum Gasteiger partial charge on any atom is -0.342 e. The molecule has 0 radical (unpaired) electrons. The molecule has 0 saturated carbocycles. The summed E-state index contributed by atoms with van der Waals surface area (Å²) in [4.78, 5) is 26.8. The van der Waals surface area contributed by atoms with E-state index in [1.807, 2.05) is 24.3 Å². The zero-order valence-corrected chi connectivity index (χ0v) is 13.3. The van der Waals surface area contributed by atoms with Crippen LogP contribution in [0.5, 0.6) is 0 Å². The Morgan fingerprint density at radius 2 is 1.86 bits per heavy atom. The lowest BCUT2D eigenvalue weighted by Crippen LogP contribution is -2.32. The molecule has 2 heterocycles. The SMILES string of the molecule is CN1C(=O)[C@@]2(O[C@H]2C(=O)c2ccc(Br)cc2)c2ccccc21. The highest BCUT2D eigenvalue weighted by Gasteiger charge is 2.71. The van der Waals surface area contributed by atoms with Crippen LogP contribution in [0.25, 0.3) is 0 Å². The molecule has 0 aromatic heterocycles. The number of nitrogens with zero attached hydrogens (tertiary/aromatic N) is 1. The fraction of sp³-hybridized carbons (Fsp3) is 0.176. The van der Waals surface area contributed by atoms with Gasteiger partial charge in [-0.05, 0) is 18.2 Å². The number of hydrogen-bond acceptors (Lipinski definition) is 3. The van der Waals surface area contributed by atoms with E-state index in [-0.39, 0.29) is 11.7 Å². The Bertz CT molecular complexity index is 802. The monoisotopic (exact) mass is 357 g/mol. The number of benzene rings is 2. The number of ether oxygens (including phenoxy) is 1. The van der Waals surface area contributed by atoms with Crippen LogP contribution >= 0.6 is 15.9 Å². The predicted molar refractivity (Wildman–Crippen MR) is 84.9 cm³/mol. The first kappa shape index (κ1) is 13.7. The van der Waals surface area contributed by atoms with Gasteiger partial charge in [-0.25, -0.2) is 0 Å². The lowest BCUT2D eigenvalue weighted by molar-refractivity contribution is -0.122. The van der Waals surface area contributed by atoms with Crippen molar-refractivity contribution in [3.63, 3.8) is 0 Å². The third kappa shape index (κ3) is 1.66. The highest BCUT2D eigenvalue weighted by atomic mass is 79.9. The summed E-state index contributed by atoms with van der Waals surface area (Å²) in [6.45, 7) is 0. The third-order valence-electron chi connectivity index (χ3n) is 4.27. The van der Waals surface area contributed by atoms with Crippen molar-refractivity contribution >= 4 is 33.3 Å². The van der Waals surface area contributed by atoms with Crippen LogP contribution in [0.15, 0.2) is 53.0 Å². The summed E-state index contributed by atoms with van der Waals surface area (Å²) in [7, 11) is 1.71. The van der Waals surface area contributed by atoms with Gasteiger partial charge in [-0.1, -0.05) is 46.3 Å². The van der Waals surface area contributed by atoms with E-state index >= 15 is 0 Å². The minimum atomic E-state index is -1.13. The number of carbonyl (C=O) groups excluding carboxylic acids is 2. The van der Waals surface area contributed by atoms with Gasteiger partial charge in [0.2, 0.25) is 5.60 Å². The van der Waals surface area contributed by atoms with Crippen LogP contribution < -0.4 is 4.90 Å². The number of rotatable bonds is 2. The van der Waals surface area contributed by atoms with Gasteiger partial charge in [0.1, 0.15) is 0 Å². The smallest absolute Gasteiger partial charge is 0.267 e. The lowest BCUT2D eigenvalue weighted by atomic mass is 9.92. The van der Waals surface area contributed by atoms with E-state index in [4.69, 9.17) is 4.74 Å². The summed E-state index contributed by atoms with van der Waals surface area (Å²) in [5, 5.41) is 0. The Hall–Kier alpha value is -1.98. The number of ketones is 1. The highest BCUT2D eigenvalue weighted by molar-refractivity contribution is 9.10. The summed E-state index contributed by atoms with van der Waals surface area (Å²) >= 11 is 3.34. The Labute approximate surface area is 135 Å². The van der Waals surface area contributed by atoms with Gasteiger partial charge in [-0.2, -0.15) is 0 Å². The van der Waals surface area contributed by atoms with Gasteiger partial charge in [0.05, 0.1) is 5.69 Å². The first-order chi connectivity index (χ1) is 10.6. The van der Waals surface area contributed by atoms with E-state index in [2.05, 4.69) is 15.9 Å². The molecule has 2 aliphatic heterocycles. The summed E-state index contributed by atoms with van der Waals surface area (Å²) < 4.78 is 6.57. The maximum atomic E-state index is 12.6. The molecule has 1 spiro atoms. The van der Waals surface area contributed by atoms with Gasteiger partial charge in [0, 0.05) is 22.6 Å². The van der Waals surface area contributed by atoms with Crippen LogP contribution in [0.3, 0.4) is 0 Å². The number of fused-ring (bicyclic) bond motifs is 2. The Balaban J connectivity index is 1.73. The molecule has 2 aromatic carbocycles. The number of para-hydroxylation sites is 1. The normalized spacial score (nSPS) is 25.5. The summed E-state index contributed by atoms with van der Waals surface area (Å²) in [5.41, 5.74) is 0.997. The number of halogens is 1. The fourth-order valence-electron chi connectivity index (χ4n) is 3.08. The van der Waals surface area contributed by atoms with Crippen LogP contribution in [-0.2, 0) is 15.1 Å². The van der Waals surface area contributed by atoms with E-state index in [1.165, 1.54) is 0 Å². The molecule has 110 valence electrons. The van der Waals surface area contributed by atoms with E-state index in [1.54, 1.807) is 36.2 Å². The molecule has 0 bridgehead atoms. The first-order valence-electron chi connectivity index (χ1n) is 6.91. The Morgan fingerprint density at radius 3 is 2.59 bits per heavy atom. The Morgan fingerprint density at radius 1 is 1.18 bits per heavy atom. The van der Waals surface area contributed by atoms with Gasteiger partial charge in [0.25, 0.3) is 5.91 Å².